The topological polar surface area (TPSA) is 29.1 Å². The second-order valence-corrected chi connectivity index (χ2v) is 4.04. The molecule has 1 fully saturated rings. The molecule has 0 saturated carbocycles. The predicted octanol–water partition coefficient (Wildman–Crippen LogP) is 2.07. The van der Waals surface area contributed by atoms with Gasteiger partial charge in [0.2, 0.25) is 5.91 Å². The lowest BCUT2D eigenvalue weighted by Crippen LogP contribution is -2.41. The van der Waals surface area contributed by atoms with Gasteiger partial charge in [0.15, 0.2) is 0 Å². The molecule has 0 aromatic heterocycles. The monoisotopic (exact) mass is 170 g/mol. The highest BCUT2D eigenvalue weighted by atomic mass is 16.2. The first-order valence-corrected chi connectivity index (χ1v) is 4.01. The van der Waals surface area contributed by atoms with Crippen LogP contribution >= 0.6 is 0 Å². The Labute approximate surface area is 78.3 Å². The van der Waals surface area contributed by atoms with Crippen molar-refractivity contribution in [1.82, 2.24) is 5.32 Å². The zero-order valence-electron chi connectivity index (χ0n) is 10.8. The summed E-state index contributed by atoms with van der Waals surface area (Å²) in [4.78, 5) is 11.8. The standard InChI is InChI=1S/C10H17NO/c1-7-5-6-8(9(12)11-7)10(2,3)4/h8H,1,5-6H2,2-4H3,(H,11,12)/i6D2,8D. The van der Waals surface area contributed by atoms with Crippen LogP contribution in [0.4, 0.5) is 0 Å². The SMILES string of the molecule is [2H]C1([2H])CC(=C)NC(=O)C1([2H])C(C)(C)C. The second kappa shape index (κ2) is 2.92. The first kappa shape index (κ1) is 5.79. The van der Waals surface area contributed by atoms with Crippen molar-refractivity contribution in [3.8, 4) is 0 Å². The normalized spacial score (nSPS) is 39.4. The minimum absolute atomic E-state index is 0.000486. The number of hydrogen-bond acceptors (Lipinski definition) is 1. The van der Waals surface area contributed by atoms with Crippen LogP contribution in [-0.4, -0.2) is 5.91 Å². The van der Waals surface area contributed by atoms with E-state index >= 15 is 0 Å². The molecule has 1 aliphatic heterocycles. The van der Waals surface area contributed by atoms with Gasteiger partial charge in [-0.25, -0.2) is 0 Å². The highest BCUT2D eigenvalue weighted by Crippen LogP contribution is 2.33. The van der Waals surface area contributed by atoms with Gasteiger partial charge < -0.3 is 5.32 Å². The number of nitrogens with one attached hydrogen (secondary N) is 1. The maximum Gasteiger partial charge on any atom is 0.227 e. The highest BCUT2D eigenvalue weighted by molar-refractivity contribution is 5.82. The maximum absolute atomic E-state index is 11.8. The van der Waals surface area contributed by atoms with Crippen molar-refractivity contribution in [3.05, 3.63) is 12.3 Å². The Morgan fingerprint density at radius 3 is 2.75 bits per heavy atom. The fraction of sp³-hybridized carbons (Fsp3) is 0.700. The van der Waals surface area contributed by atoms with Gasteiger partial charge in [0, 0.05) is 15.7 Å². The number of rotatable bonds is 0. The third-order valence-electron chi connectivity index (χ3n) is 1.75. The molecule has 1 heterocycles. The zero-order valence-corrected chi connectivity index (χ0v) is 7.82. The maximum atomic E-state index is 11.8. The fourth-order valence-corrected chi connectivity index (χ4v) is 1.15. The molecular weight excluding hydrogens is 150 g/mol. The molecule has 0 bridgehead atoms. The Hall–Kier alpha value is -0.790. The Morgan fingerprint density at radius 2 is 2.33 bits per heavy atom. The lowest BCUT2D eigenvalue weighted by molar-refractivity contribution is -0.129. The fourth-order valence-electron chi connectivity index (χ4n) is 1.15. The van der Waals surface area contributed by atoms with Crippen molar-refractivity contribution in [3.63, 3.8) is 0 Å². The van der Waals surface area contributed by atoms with Crippen LogP contribution in [0, 0.1) is 11.3 Å². The van der Waals surface area contributed by atoms with E-state index in [1.807, 2.05) is 0 Å². The van der Waals surface area contributed by atoms with Gasteiger partial charge in [-0.15, -0.1) is 0 Å². The average molecular weight is 170 g/mol. The van der Waals surface area contributed by atoms with Crippen LogP contribution in [0.15, 0.2) is 12.3 Å². The summed E-state index contributed by atoms with van der Waals surface area (Å²) in [7, 11) is 0. The van der Waals surface area contributed by atoms with Crippen LogP contribution in [0.25, 0.3) is 0 Å². The van der Waals surface area contributed by atoms with Gasteiger partial charge in [0.1, 0.15) is 0 Å². The lowest BCUT2D eigenvalue weighted by Gasteiger charge is -2.33. The van der Waals surface area contributed by atoms with Crippen molar-refractivity contribution in [2.75, 3.05) is 0 Å². The summed E-state index contributed by atoms with van der Waals surface area (Å²) in [5.74, 6) is -2.38. The minimum Gasteiger partial charge on any atom is -0.330 e. The van der Waals surface area contributed by atoms with Crippen molar-refractivity contribution in [1.29, 1.82) is 0 Å². The molecule has 2 nitrogen and oxygen atoms in total. The van der Waals surface area contributed by atoms with Crippen molar-refractivity contribution in [2.24, 2.45) is 11.3 Å². The number of piperidine rings is 1. The van der Waals surface area contributed by atoms with Crippen molar-refractivity contribution in [2.45, 2.75) is 33.6 Å². The van der Waals surface area contributed by atoms with Crippen molar-refractivity contribution < 1.29 is 8.91 Å². The molecule has 1 unspecified atom stereocenters. The predicted molar refractivity (Wildman–Crippen MR) is 49.5 cm³/mol. The molecule has 1 atom stereocenters. The van der Waals surface area contributed by atoms with Crippen LogP contribution in [-0.2, 0) is 4.79 Å². The molecule has 1 amide bonds. The summed E-state index contributed by atoms with van der Waals surface area (Å²) in [5, 5.41) is 2.47. The van der Waals surface area contributed by atoms with Crippen molar-refractivity contribution >= 4 is 5.91 Å². The summed E-state index contributed by atoms with van der Waals surface area (Å²) in [6.07, 6.45) is -1.88. The molecule has 0 aromatic carbocycles. The molecular formula is C10H17NO. The summed E-state index contributed by atoms with van der Waals surface area (Å²) >= 11 is 0. The Kier molecular flexibility index (Phi) is 1.41. The van der Waals surface area contributed by atoms with E-state index in [1.165, 1.54) is 0 Å². The molecule has 12 heavy (non-hydrogen) atoms. The third-order valence-corrected chi connectivity index (χ3v) is 1.75. The molecule has 1 rings (SSSR count). The number of hydrogen-bond donors (Lipinski definition) is 1. The van der Waals surface area contributed by atoms with Crippen LogP contribution < -0.4 is 5.32 Å². The first-order valence-electron chi connectivity index (χ1n) is 5.51. The number of allylic oxidation sites excluding steroid dienone is 1. The van der Waals surface area contributed by atoms with E-state index in [4.69, 9.17) is 4.11 Å². The number of carbonyl (C=O) groups excluding carboxylic acids is 1. The van der Waals surface area contributed by atoms with E-state index in [9.17, 15) is 4.79 Å². The average Bonchev–Trinajstić information content (AvgIpc) is 1.96. The summed E-state index contributed by atoms with van der Waals surface area (Å²) in [6, 6.07) is 0. The molecule has 1 aliphatic rings. The first-order chi connectivity index (χ1) is 6.52. The molecule has 0 spiro atoms. The summed E-state index contributed by atoms with van der Waals surface area (Å²) in [6.45, 7) is 8.65. The van der Waals surface area contributed by atoms with Gasteiger partial charge in [-0.2, -0.15) is 0 Å². The smallest absolute Gasteiger partial charge is 0.227 e. The van der Waals surface area contributed by atoms with E-state index in [2.05, 4.69) is 11.9 Å². The molecule has 2 heteroatoms. The van der Waals surface area contributed by atoms with Gasteiger partial charge in [-0.3, -0.25) is 4.79 Å². The number of amides is 1. The molecule has 0 aliphatic carbocycles. The molecule has 1 saturated heterocycles. The molecule has 0 aromatic rings. The van der Waals surface area contributed by atoms with E-state index in [-0.39, 0.29) is 6.42 Å². The molecule has 1 N–H and O–H groups in total. The van der Waals surface area contributed by atoms with Gasteiger partial charge in [0.05, 0.1) is 0 Å². The Balaban J connectivity index is 3.26. The highest BCUT2D eigenvalue weighted by Gasteiger charge is 2.33. The Morgan fingerprint density at radius 1 is 1.75 bits per heavy atom. The van der Waals surface area contributed by atoms with Gasteiger partial charge >= 0.3 is 0 Å². The van der Waals surface area contributed by atoms with Gasteiger partial charge in [-0.05, 0) is 18.2 Å². The van der Waals surface area contributed by atoms with Gasteiger partial charge in [0.25, 0.3) is 0 Å². The van der Waals surface area contributed by atoms with E-state index in [0.717, 1.165) is 0 Å². The minimum atomic E-state index is -1.88. The largest absolute Gasteiger partial charge is 0.330 e. The van der Waals surface area contributed by atoms with Crippen LogP contribution in [0.3, 0.4) is 0 Å². The van der Waals surface area contributed by atoms with Crippen LogP contribution in [0.5, 0.6) is 0 Å². The van der Waals surface area contributed by atoms with Crippen LogP contribution in [0.2, 0.25) is 0 Å². The number of carbonyl (C=O) groups is 1. The quantitative estimate of drug-likeness (QED) is 0.592. The zero-order chi connectivity index (χ0) is 12.1. The Bertz CT molecular complexity index is 319. The van der Waals surface area contributed by atoms with Gasteiger partial charge in [-0.1, -0.05) is 27.4 Å². The van der Waals surface area contributed by atoms with Crippen LogP contribution in [0.1, 0.15) is 37.7 Å². The van der Waals surface area contributed by atoms with E-state index in [0.29, 0.717) is 5.70 Å². The molecule has 0 radical (unpaired) electrons. The van der Waals surface area contributed by atoms with E-state index < -0.39 is 23.6 Å². The summed E-state index contributed by atoms with van der Waals surface area (Å²) in [5.41, 5.74) is -0.418. The second-order valence-electron chi connectivity index (χ2n) is 4.04. The summed E-state index contributed by atoms with van der Waals surface area (Å²) < 4.78 is 23.9. The van der Waals surface area contributed by atoms with E-state index in [1.54, 1.807) is 20.8 Å². The third kappa shape index (κ3) is 1.87. The lowest BCUT2D eigenvalue weighted by atomic mass is 9.76. The molecule has 68 valence electrons.